The molecule has 0 radical (unpaired) electrons. The lowest BCUT2D eigenvalue weighted by atomic mass is 10.1. The van der Waals surface area contributed by atoms with Crippen LogP contribution in [0.15, 0.2) is 17.2 Å². The number of nitrogens with zero attached hydrogens (tertiary/aromatic N) is 2. The van der Waals surface area contributed by atoms with Crippen LogP contribution in [0.2, 0.25) is 0 Å². The molecule has 0 amide bonds. The molecule has 18 heavy (non-hydrogen) atoms. The molecule has 1 aliphatic rings. The maximum atomic E-state index is 12.3. The summed E-state index contributed by atoms with van der Waals surface area (Å²) in [7, 11) is 0. The van der Waals surface area contributed by atoms with E-state index in [1.165, 1.54) is 12.8 Å². The average molecular weight is 249 g/mol. The monoisotopic (exact) mass is 249 g/mol. The summed E-state index contributed by atoms with van der Waals surface area (Å²) >= 11 is 0. The number of rotatable bonds is 4. The van der Waals surface area contributed by atoms with Gasteiger partial charge in [0.1, 0.15) is 0 Å². The second-order valence-corrected chi connectivity index (χ2v) is 6.32. The van der Waals surface area contributed by atoms with Crippen molar-refractivity contribution in [1.82, 2.24) is 9.55 Å². The molecule has 4 nitrogen and oxygen atoms in total. The third-order valence-corrected chi connectivity index (χ3v) is 3.58. The van der Waals surface area contributed by atoms with Gasteiger partial charge in [-0.3, -0.25) is 4.79 Å². The quantitative estimate of drug-likeness (QED) is 0.891. The minimum atomic E-state index is -0.210. The van der Waals surface area contributed by atoms with Crippen LogP contribution in [0.5, 0.6) is 0 Å². The van der Waals surface area contributed by atoms with Crippen molar-refractivity contribution in [2.75, 3.05) is 11.9 Å². The fourth-order valence-electron chi connectivity index (χ4n) is 2.15. The Morgan fingerprint density at radius 3 is 2.72 bits per heavy atom. The Bertz CT molecular complexity index is 469. The fourth-order valence-corrected chi connectivity index (χ4v) is 2.15. The first-order valence-corrected chi connectivity index (χ1v) is 6.71. The van der Waals surface area contributed by atoms with Gasteiger partial charge in [-0.2, -0.15) is 0 Å². The molecular formula is C14H23N3O. The first-order chi connectivity index (χ1) is 8.39. The summed E-state index contributed by atoms with van der Waals surface area (Å²) in [5.74, 6) is 1.93. The molecule has 0 spiro atoms. The van der Waals surface area contributed by atoms with Crippen LogP contribution in [0, 0.1) is 11.8 Å². The van der Waals surface area contributed by atoms with Gasteiger partial charge in [0.2, 0.25) is 0 Å². The van der Waals surface area contributed by atoms with Crippen molar-refractivity contribution in [3.63, 3.8) is 0 Å². The molecule has 0 saturated heterocycles. The number of hydrogen-bond acceptors (Lipinski definition) is 3. The maximum absolute atomic E-state index is 12.3. The molecular weight excluding hydrogens is 226 g/mol. The molecule has 2 rings (SSSR count). The largest absolute Gasteiger partial charge is 0.365 e. The molecule has 0 bridgehead atoms. The Labute approximate surface area is 108 Å². The molecule has 1 N–H and O–H groups in total. The number of aromatic nitrogens is 2. The highest BCUT2D eigenvalue weighted by molar-refractivity contribution is 5.31. The van der Waals surface area contributed by atoms with Gasteiger partial charge in [0.05, 0.1) is 0 Å². The van der Waals surface area contributed by atoms with E-state index in [1.54, 1.807) is 17.0 Å². The third kappa shape index (κ3) is 2.92. The standard InChI is InChI=1S/C14H23N3O/c1-10(11-5-6-11)9-16-12-13(18)17(8-7-15-12)14(2,3)4/h7-8,10-11H,5-6,9H2,1-4H3,(H,15,16). The van der Waals surface area contributed by atoms with Crippen LogP contribution >= 0.6 is 0 Å². The molecule has 4 heteroatoms. The zero-order chi connectivity index (χ0) is 13.3. The first-order valence-electron chi connectivity index (χ1n) is 6.71. The molecule has 1 heterocycles. The lowest BCUT2D eigenvalue weighted by molar-refractivity contribution is 0.383. The van der Waals surface area contributed by atoms with Crippen molar-refractivity contribution in [2.24, 2.45) is 11.8 Å². The van der Waals surface area contributed by atoms with Crippen molar-refractivity contribution in [2.45, 2.75) is 46.1 Å². The van der Waals surface area contributed by atoms with Gasteiger partial charge < -0.3 is 9.88 Å². The number of anilines is 1. The first kappa shape index (κ1) is 13.1. The lowest BCUT2D eigenvalue weighted by Gasteiger charge is -2.22. The average Bonchev–Trinajstić information content (AvgIpc) is 3.09. The summed E-state index contributed by atoms with van der Waals surface area (Å²) in [6, 6.07) is 0. The van der Waals surface area contributed by atoms with Crippen LogP contribution in [-0.2, 0) is 5.54 Å². The Balaban J connectivity index is 2.11. The summed E-state index contributed by atoms with van der Waals surface area (Å²) < 4.78 is 1.73. The topological polar surface area (TPSA) is 46.9 Å². The second kappa shape index (κ2) is 4.75. The Morgan fingerprint density at radius 2 is 2.17 bits per heavy atom. The summed E-state index contributed by atoms with van der Waals surface area (Å²) in [6.07, 6.45) is 6.10. The minimum Gasteiger partial charge on any atom is -0.365 e. The van der Waals surface area contributed by atoms with Crippen LogP contribution in [0.25, 0.3) is 0 Å². The van der Waals surface area contributed by atoms with Gasteiger partial charge in [0.25, 0.3) is 5.56 Å². The second-order valence-electron chi connectivity index (χ2n) is 6.32. The van der Waals surface area contributed by atoms with Gasteiger partial charge in [-0.25, -0.2) is 4.98 Å². The van der Waals surface area contributed by atoms with Crippen molar-refractivity contribution in [3.05, 3.63) is 22.7 Å². The Kier molecular flexibility index (Phi) is 3.46. The molecule has 1 atom stereocenters. The van der Waals surface area contributed by atoms with E-state index in [0.29, 0.717) is 11.7 Å². The van der Waals surface area contributed by atoms with E-state index in [0.717, 1.165) is 12.5 Å². The van der Waals surface area contributed by atoms with Crippen LogP contribution < -0.4 is 10.9 Å². The maximum Gasteiger partial charge on any atom is 0.293 e. The molecule has 1 aromatic rings. The fraction of sp³-hybridized carbons (Fsp3) is 0.714. The highest BCUT2D eigenvalue weighted by atomic mass is 16.1. The van der Waals surface area contributed by atoms with E-state index in [4.69, 9.17) is 0 Å². The highest BCUT2D eigenvalue weighted by Gasteiger charge is 2.27. The van der Waals surface area contributed by atoms with E-state index in [-0.39, 0.29) is 11.1 Å². The molecule has 1 aromatic heterocycles. The molecule has 1 unspecified atom stereocenters. The zero-order valence-corrected chi connectivity index (χ0v) is 11.7. The zero-order valence-electron chi connectivity index (χ0n) is 11.7. The Morgan fingerprint density at radius 1 is 1.50 bits per heavy atom. The number of hydrogen-bond donors (Lipinski definition) is 1. The minimum absolute atomic E-state index is 0.0343. The smallest absolute Gasteiger partial charge is 0.293 e. The molecule has 1 fully saturated rings. The SMILES string of the molecule is CC(CNc1nccn(C(C)(C)C)c1=O)C1CC1. The van der Waals surface area contributed by atoms with Crippen molar-refractivity contribution in [3.8, 4) is 0 Å². The molecule has 100 valence electrons. The lowest BCUT2D eigenvalue weighted by Crippen LogP contribution is -2.35. The third-order valence-electron chi connectivity index (χ3n) is 3.58. The van der Waals surface area contributed by atoms with Gasteiger partial charge >= 0.3 is 0 Å². The molecule has 0 aromatic carbocycles. The van der Waals surface area contributed by atoms with Crippen molar-refractivity contribution >= 4 is 5.82 Å². The highest BCUT2D eigenvalue weighted by Crippen LogP contribution is 2.36. The van der Waals surface area contributed by atoms with Gasteiger partial charge in [-0.15, -0.1) is 0 Å². The van der Waals surface area contributed by atoms with E-state index in [1.807, 2.05) is 20.8 Å². The van der Waals surface area contributed by atoms with Gasteiger partial charge in [-0.05, 0) is 45.4 Å². The van der Waals surface area contributed by atoms with Crippen molar-refractivity contribution in [1.29, 1.82) is 0 Å². The predicted molar refractivity (Wildman–Crippen MR) is 73.9 cm³/mol. The van der Waals surface area contributed by atoms with E-state index in [9.17, 15) is 4.79 Å². The summed E-state index contributed by atoms with van der Waals surface area (Å²) in [6.45, 7) is 9.12. The van der Waals surface area contributed by atoms with Gasteiger partial charge in [-0.1, -0.05) is 6.92 Å². The van der Waals surface area contributed by atoms with Crippen LogP contribution in [0.1, 0.15) is 40.5 Å². The molecule has 0 aliphatic heterocycles. The van der Waals surface area contributed by atoms with Crippen molar-refractivity contribution < 1.29 is 0 Å². The summed E-state index contributed by atoms with van der Waals surface area (Å²) in [4.78, 5) is 16.4. The van der Waals surface area contributed by atoms with Crippen LogP contribution in [0.3, 0.4) is 0 Å². The summed E-state index contributed by atoms with van der Waals surface area (Å²) in [5, 5.41) is 3.20. The summed E-state index contributed by atoms with van der Waals surface area (Å²) in [5.41, 5.74) is -0.244. The molecule has 1 saturated carbocycles. The number of nitrogens with one attached hydrogen (secondary N) is 1. The predicted octanol–water partition coefficient (Wildman–Crippen LogP) is 2.46. The van der Waals surface area contributed by atoms with E-state index >= 15 is 0 Å². The van der Waals surface area contributed by atoms with Gasteiger partial charge in [0, 0.05) is 24.5 Å². The van der Waals surface area contributed by atoms with Crippen LogP contribution in [0.4, 0.5) is 5.82 Å². The van der Waals surface area contributed by atoms with E-state index < -0.39 is 0 Å². The van der Waals surface area contributed by atoms with Crippen LogP contribution in [-0.4, -0.2) is 16.1 Å². The van der Waals surface area contributed by atoms with E-state index in [2.05, 4.69) is 17.2 Å². The van der Waals surface area contributed by atoms with Gasteiger partial charge in [0.15, 0.2) is 5.82 Å². The Hall–Kier alpha value is -1.32. The normalized spacial score (nSPS) is 17.6. The molecule has 1 aliphatic carbocycles.